The molecule has 0 unspecified atom stereocenters. The van der Waals surface area contributed by atoms with Crippen molar-refractivity contribution in [1.82, 2.24) is 31.0 Å². The zero-order valence-electron chi connectivity index (χ0n) is 35.2. The Morgan fingerprint density at radius 1 is 0.902 bits per heavy atom. The first kappa shape index (κ1) is 47.7. The predicted octanol–water partition coefficient (Wildman–Crippen LogP) is 6.93. The minimum absolute atomic E-state index is 0.107. The van der Waals surface area contributed by atoms with Crippen LogP contribution in [-0.4, -0.2) is 101 Å². The lowest BCUT2D eigenvalue weighted by molar-refractivity contribution is -0.192. The van der Waals surface area contributed by atoms with Gasteiger partial charge in [0, 0.05) is 48.6 Å². The van der Waals surface area contributed by atoms with E-state index in [2.05, 4.69) is 50.2 Å². The Morgan fingerprint density at radius 2 is 1.57 bits per heavy atom. The van der Waals surface area contributed by atoms with E-state index >= 15 is 0 Å². The summed E-state index contributed by atoms with van der Waals surface area (Å²) in [6, 6.07) is 20.1. The monoisotopic (exact) mass is 851 g/mol. The van der Waals surface area contributed by atoms with Gasteiger partial charge < -0.3 is 36.0 Å². The van der Waals surface area contributed by atoms with Crippen molar-refractivity contribution >= 4 is 46.4 Å². The molecule has 0 aliphatic heterocycles. The van der Waals surface area contributed by atoms with E-state index in [4.69, 9.17) is 14.6 Å². The number of likely N-dealkylation sites (N-methyl/N-ethyl adjacent to an activating group) is 1. The number of nitrogens with zero attached hydrogens (tertiary/aromatic N) is 2. The van der Waals surface area contributed by atoms with Crippen LogP contribution in [0.25, 0.3) is 22.0 Å². The van der Waals surface area contributed by atoms with Gasteiger partial charge in [0.1, 0.15) is 11.6 Å². The van der Waals surface area contributed by atoms with Crippen LogP contribution in [0.1, 0.15) is 76.2 Å². The highest BCUT2D eigenvalue weighted by atomic mass is 19.4. The van der Waals surface area contributed by atoms with E-state index in [1.165, 1.54) is 0 Å². The number of halogens is 3. The third kappa shape index (κ3) is 15.5. The molecule has 330 valence electrons. The highest BCUT2D eigenvalue weighted by Gasteiger charge is 2.38. The molecule has 1 saturated carbocycles. The number of aromatic nitrogens is 2. The summed E-state index contributed by atoms with van der Waals surface area (Å²) in [6.07, 6.45) is -0.626. The molecule has 4 aromatic rings. The Bertz CT molecular complexity index is 2090. The average molecular weight is 852 g/mol. The zero-order chi connectivity index (χ0) is 44.7. The largest absolute Gasteiger partial charge is 0.490 e. The topological polar surface area (TPSA) is 195 Å². The third-order valence-corrected chi connectivity index (χ3v) is 10.2. The number of amides is 4. The highest BCUT2D eigenvalue weighted by Crippen LogP contribution is 2.29. The fourth-order valence-electron chi connectivity index (χ4n) is 6.81. The smallest absolute Gasteiger partial charge is 0.475 e. The predicted molar refractivity (Wildman–Crippen MR) is 226 cm³/mol. The second-order valence-corrected chi connectivity index (χ2v) is 15.9. The summed E-state index contributed by atoms with van der Waals surface area (Å²) < 4.78 is 37.1. The Labute approximate surface area is 353 Å². The van der Waals surface area contributed by atoms with Crippen LogP contribution in [0, 0.1) is 11.8 Å². The highest BCUT2D eigenvalue weighted by molar-refractivity contribution is 5.99. The van der Waals surface area contributed by atoms with Gasteiger partial charge in [-0.3, -0.25) is 19.5 Å². The molecule has 3 aromatic carbocycles. The van der Waals surface area contributed by atoms with Crippen molar-refractivity contribution in [2.45, 2.75) is 84.5 Å². The summed E-state index contributed by atoms with van der Waals surface area (Å²) in [5.74, 6) is -3.32. The minimum atomic E-state index is -5.08. The van der Waals surface area contributed by atoms with Gasteiger partial charge in [-0.2, -0.15) is 18.3 Å². The Balaban J connectivity index is 0.00000107. The number of carbonyl (C=O) groups excluding carboxylic acids is 4. The summed E-state index contributed by atoms with van der Waals surface area (Å²) in [4.78, 5) is 63.6. The van der Waals surface area contributed by atoms with Gasteiger partial charge in [-0.1, -0.05) is 50.2 Å². The van der Waals surface area contributed by atoms with Crippen LogP contribution in [0.15, 0.2) is 72.9 Å². The standard InChI is InChI=1S/C42H55N7O5.C2HF3O2/c1-6-49(7-2)22-21-43-38(50)31-17-15-30(16-18-31)33-10-8-9-29(23-33)24-37(40(52)46-35-20-19-34-27-45-48-36(34)25-35)47-39(51)32-13-11-28(12-14-32)26-44-41(53)54-42(3,4)5;3-2(4,5)1(6)7/h8-10,15-20,23,25,27-28,32,37H,6-7,11-14,21-22,24,26H2,1-5H3,(H,43,50)(H,44,53)(H,45,48)(H,46,52)(H,47,51);(H,6,7)/t28?,32?,37-;/m0./s1. The lowest BCUT2D eigenvalue weighted by atomic mass is 9.81. The number of H-pyrrole nitrogens is 1. The molecule has 4 amide bonds. The molecular formula is C44H56F3N7O7. The van der Waals surface area contributed by atoms with Crippen LogP contribution in [-0.2, 0) is 25.5 Å². The van der Waals surface area contributed by atoms with Gasteiger partial charge in [0.15, 0.2) is 0 Å². The number of alkyl halides is 3. The van der Waals surface area contributed by atoms with Crippen molar-refractivity contribution in [3.8, 4) is 11.1 Å². The van der Waals surface area contributed by atoms with Crippen LogP contribution in [0.2, 0.25) is 0 Å². The summed E-state index contributed by atoms with van der Waals surface area (Å²) in [5, 5.41) is 27.0. The van der Waals surface area contributed by atoms with Crippen LogP contribution in [0.3, 0.4) is 0 Å². The molecule has 6 N–H and O–H groups in total. The van der Waals surface area contributed by atoms with Crippen LogP contribution in [0.5, 0.6) is 0 Å². The van der Waals surface area contributed by atoms with Gasteiger partial charge in [0.2, 0.25) is 11.8 Å². The number of benzene rings is 3. The van der Waals surface area contributed by atoms with Gasteiger partial charge in [0.05, 0.1) is 11.7 Å². The van der Waals surface area contributed by atoms with Crippen molar-refractivity contribution in [2.75, 3.05) is 38.0 Å². The average Bonchev–Trinajstić information content (AvgIpc) is 3.69. The number of aromatic amines is 1. The Morgan fingerprint density at radius 3 is 2.20 bits per heavy atom. The van der Waals surface area contributed by atoms with E-state index in [0.717, 1.165) is 60.1 Å². The van der Waals surface area contributed by atoms with E-state index in [1.54, 1.807) is 6.20 Å². The van der Waals surface area contributed by atoms with Crippen LogP contribution >= 0.6 is 0 Å². The van der Waals surface area contributed by atoms with Gasteiger partial charge in [-0.15, -0.1) is 0 Å². The SMILES string of the molecule is CCN(CC)CCNC(=O)c1ccc(-c2cccc(C[C@H](NC(=O)C3CCC(CNC(=O)OC(C)(C)C)CC3)C(=O)Nc3ccc4cn[nH]c4c3)c2)cc1.O=C(O)C(F)(F)F. The molecule has 0 spiro atoms. The van der Waals surface area contributed by atoms with Gasteiger partial charge in [-0.05, 0) is 112 Å². The van der Waals surface area contributed by atoms with Crippen molar-refractivity contribution in [2.24, 2.45) is 11.8 Å². The Hall–Kier alpha value is -5.97. The number of hydrogen-bond donors (Lipinski definition) is 6. The van der Waals surface area contributed by atoms with E-state index in [-0.39, 0.29) is 36.0 Å². The molecule has 0 bridgehead atoms. The number of fused-ring (bicyclic) bond motifs is 1. The summed E-state index contributed by atoms with van der Waals surface area (Å²) in [6.45, 7) is 13.5. The molecule has 5 rings (SSSR count). The molecule has 1 aliphatic carbocycles. The molecule has 1 aliphatic rings. The van der Waals surface area contributed by atoms with Crippen LogP contribution in [0.4, 0.5) is 23.7 Å². The number of aliphatic carboxylic acids is 1. The number of rotatable bonds is 15. The maximum atomic E-state index is 13.9. The van der Waals surface area contributed by atoms with Gasteiger partial charge >= 0.3 is 18.2 Å². The lowest BCUT2D eigenvalue weighted by Crippen LogP contribution is -2.48. The summed E-state index contributed by atoms with van der Waals surface area (Å²) in [5.41, 5.74) is 4.18. The van der Waals surface area contributed by atoms with Crippen molar-refractivity contribution in [1.29, 1.82) is 0 Å². The van der Waals surface area contributed by atoms with E-state index in [1.807, 2.05) is 87.5 Å². The fourth-order valence-corrected chi connectivity index (χ4v) is 6.81. The van der Waals surface area contributed by atoms with E-state index in [9.17, 15) is 32.3 Å². The van der Waals surface area contributed by atoms with Gasteiger partial charge in [-0.25, -0.2) is 9.59 Å². The van der Waals surface area contributed by atoms with Crippen molar-refractivity contribution in [3.63, 3.8) is 0 Å². The van der Waals surface area contributed by atoms with Crippen molar-refractivity contribution in [3.05, 3.63) is 84.1 Å². The molecule has 0 radical (unpaired) electrons. The number of alkyl carbamates (subject to hydrolysis) is 1. The van der Waals surface area contributed by atoms with Crippen LogP contribution < -0.4 is 21.3 Å². The number of hydrogen-bond acceptors (Lipinski definition) is 8. The molecule has 1 atom stereocenters. The fraction of sp³-hybridized carbons (Fsp3) is 0.455. The summed E-state index contributed by atoms with van der Waals surface area (Å²) >= 11 is 0. The maximum absolute atomic E-state index is 13.9. The van der Waals surface area contributed by atoms with E-state index in [0.29, 0.717) is 37.2 Å². The normalized spacial score (nSPS) is 15.8. The molecule has 0 saturated heterocycles. The quantitative estimate of drug-likeness (QED) is 0.0735. The molecule has 17 heteroatoms. The molecule has 14 nitrogen and oxygen atoms in total. The third-order valence-electron chi connectivity index (χ3n) is 10.2. The lowest BCUT2D eigenvalue weighted by Gasteiger charge is -2.29. The first-order chi connectivity index (χ1) is 28.8. The number of carboxylic acids is 1. The molecule has 1 heterocycles. The summed E-state index contributed by atoms with van der Waals surface area (Å²) in [7, 11) is 0. The molecule has 1 aromatic heterocycles. The minimum Gasteiger partial charge on any atom is -0.475 e. The maximum Gasteiger partial charge on any atom is 0.490 e. The van der Waals surface area contributed by atoms with E-state index < -0.39 is 29.9 Å². The number of nitrogens with one attached hydrogen (secondary N) is 5. The first-order valence-electron chi connectivity index (χ1n) is 20.4. The second kappa shape index (κ2) is 22.0. The van der Waals surface area contributed by atoms with Crippen molar-refractivity contribution < 1.29 is 47.0 Å². The number of carbonyl (C=O) groups is 5. The molecule has 61 heavy (non-hydrogen) atoms. The Kier molecular flexibility index (Phi) is 17.2. The second-order valence-electron chi connectivity index (χ2n) is 15.9. The number of ether oxygens (including phenoxy) is 1. The number of anilines is 1. The zero-order valence-corrected chi connectivity index (χ0v) is 35.2. The molecule has 1 fully saturated rings. The molecular weight excluding hydrogens is 796 g/mol. The van der Waals surface area contributed by atoms with Gasteiger partial charge in [0.25, 0.3) is 5.91 Å². The number of carboxylic acid groups (broad SMARTS) is 1. The first-order valence-corrected chi connectivity index (χ1v) is 20.4.